The van der Waals surface area contributed by atoms with Crippen LogP contribution in [0.5, 0.6) is 0 Å². The van der Waals surface area contributed by atoms with E-state index in [0.717, 1.165) is 12.5 Å². The summed E-state index contributed by atoms with van der Waals surface area (Å²) < 4.78 is 22.1. The fourth-order valence-corrected chi connectivity index (χ4v) is 2.99. The largest absolute Gasteiger partial charge is 0.309 e. The van der Waals surface area contributed by atoms with Gasteiger partial charge in [0.2, 0.25) is 0 Å². The number of hydrogen-bond acceptors (Lipinski definition) is 3. The fourth-order valence-electron chi connectivity index (χ4n) is 1.72. The summed E-state index contributed by atoms with van der Waals surface area (Å²) in [7, 11) is -2.88. The van der Waals surface area contributed by atoms with E-state index in [1.54, 1.807) is 6.08 Å². The molecule has 2 rings (SSSR count). The summed E-state index contributed by atoms with van der Waals surface area (Å²) in [6, 6.07) is 0.0607. The fraction of sp³-hybridized carbons (Fsp3) is 0.778. The number of hydrogen-bond donors (Lipinski definition) is 1. The predicted molar refractivity (Wildman–Crippen MR) is 52.1 cm³/mol. The van der Waals surface area contributed by atoms with Gasteiger partial charge in [-0.15, -0.1) is 0 Å². The van der Waals surface area contributed by atoms with Crippen LogP contribution in [-0.2, 0) is 9.84 Å². The lowest BCUT2D eigenvalue weighted by molar-refractivity contribution is 0.298. The van der Waals surface area contributed by atoms with Crippen LogP contribution in [0.2, 0.25) is 0 Å². The number of rotatable bonds is 3. The summed E-state index contributed by atoms with van der Waals surface area (Å²) in [4.78, 5) is 0. The van der Waals surface area contributed by atoms with Gasteiger partial charge in [-0.1, -0.05) is 12.5 Å². The second-order valence-corrected chi connectivity index (χ2v) is 5.90. The standard InChI is InChI=1S/C9H15NO2S/c11-13(12)5-4-9(7-13)10-6-8-2-1-3-8/h4-5,8-10H,1-3,6-7H2. The molecule has 0 radical (unpaired) electrons. The minimum Gasteiger partial charge on any atom is -0.309 e. The third kappa shape index (κ3) is 2.31. The molecule has 13 heavy (non-hydrogen) atoms. The predicted octanol–water partition coefficient (Wildman–Crippen LogP) is 0.687. The molecule has 3 nitrogen and oxygen atoms in total. The Morgan fingerprint density at radius 1 is 1.38 bits per heavy atom. The van der Waals surface area contributed by atoms with E-state index < -0.39 is 9.84 Å². The van der Waals surface area contributed by atoms with Crippen LogP contribution in [0.4, 0.5) is 0 Å². The third-order valence-electron chi connectivity index (χ3n) is 2.82. The van der Waals surface area contributed by atoms with Crippen molar-refractivity contribution >= 4 is 9.84 Å². The molecule has 0 bridgehead atoms. The van der Waals surface area contributed by atoms with Crippen molar-refractivity contribution in [2.75, 3.05) is 12.3 Å². The van der Waals surface area contributed by atoms with Gasteiger partial charge in [-0.05, 0) is 25.3 Å². The molecule has 1 heterocycles. The van der Waals surface area contributed by atoms with E-state index in [0.29, 0.717) is 0 Å². The van der Waals surface area contributed by atoms with Crippen LogP contribution in [0, 0.1) is 5.92 Å². The van der Waals surface area contributed by atoms with Crippen molar-refractivity contribution in [2.45, 2.75) is 25.3 Å². The van der Waals surface area contributed by atoms with Gasteiger partial charge in [0.25, 0.3) is 0 Å². The third-order valence-corrected chi connectivity index (χ3v) is 4.22. The van der Waals surface area contributed by atoms with Gasteiger partial charge < -0.3 is 5.32 Å². The smallest absolute Gasteiger partial charge is 0.173 e. The number of nitrogens with one attached hydrogen (secondary N) is 1. The summed E-state index contributed by atoms with van der Waals surface area (Å²) in [6.07, 6.45) is 5.70. The van der Waals surface area contributed by atoms with Crippen LogP contribution < -0.4 is 5.32 Å². The van der Waals surface area contributed by atoms with Gasteiger partial charge in [-0.3, -0.25) is 0 Å². The Morgan fingerprint density at radius 3 is 2.62 bits per heavy atom. The monoisotopic (exact) mass is 201 g/mol. The Kier molecular flexibility index (Phi) is 2.43. The van der Waals surface area contributed by atoms with E-state index in [2.05, 4.69) is 5.32 Å². The molecule has 2 aliphatic rings. The van der Waals surface area contributed by atoms with Crippen LogP contribution in [0.1, 0.15) is 19.3 Å². The zero-order valence-electron chi connectivity index (χ0n) is 7.57. The van der Waals surface area contributed by atoms with Gasteiger partial charge in [0.1, 0.15) is 0 Å². The highest BCUT2D eigenvalue weighted by atomic mass is 32.2. The first-order valence-corrected chi connectivity index (χ1v) is 6.52. The van der Waals surface area contributed by atoms with Gasteiger partial charge in [0, 0.05) is 11.4 Å². The Hall–Kier alpha value is -0.350. The van der Waals surface area contributed by atoms with Crippen molar-refractivity contribution in [1.82, 2.24) is 5.32 Å². The molecule has 1 saturated carbocycles. The molecule has 1 fully saturated rings. The maximum absolute atomic E-state index is 11.0. The topological polar surface area (TPSA) is 46.2 Å². The van der Waals surface area contributed by atoms with Crippen molar-refractivity contribution in [3.8, 4) is 0 Å². The number of sulfone groups is 1. The van der Waals surface area contributed by atoms with Crippen LogP contribution in [0.15, 0.2) is 11.5 Å². The molecular weight excluding hydrogens is 186 g/mol. The molecule has 0 aromatic rings. The molecule has 74 valence electrons. The second-order valence-electron chi connectivity index (χ2n) is 3.97. The van der Waals surface area contributed by atoms with Gasteiger partial charge in [-0.2, -0.15) is 0 Å². The van der Waals surface area contributed by atoms with Crippen LogP contribution >= 0.6 is 0 Å². The Labute approximate surface area is 79.1 Å². The van der Waals surface area contributed by atoms with Crippen molar-refractivity contribution in [3.05, 3.63) is 11.5 Å². The van der Waals surface area contributed by atoms with Gasteiger partial charge in [-0.25, -0.2) is 8.42 Å². The summed E-state index contributed by atoms with van der Waals surface area (Å²) in [5.41, 5.74) is 0. The van der Waals surface area contributed by atoms with Gasteiger partial charge in [0.15, 0.2) is 9.84 Å². The maximum atomic E-state index is 11.0. The molecule has 0 amide bonds. The molecule has 1 aliphatic carbocycles. The normalized spacial score (nSPS) is 31.8. The highest BCUT2D eigenvalue weighted by Gasteiger charge is 2.23. The lowest BCUT2D eigenvalue weighted by Gasteiger charge is -2.26. The molecule has 0 aromatic carbocycles. The highest BCUT2D eigenvalue weighted by Crippen LogP contribution is 2.25. The Balaban J connectivity index is 1.75. The zero-order valence-corrected chi connectivity index (χ0v) is 8.39. The lowest BCUT2D eigenvalue weighted by Crippen LogP contribution is -2.36. The first-order chi connectivity index (χ1) is 6.16. The molecule has 0 spiro atoms. The quantitative estimate of drug-likeness (QED) is 0.730. The van der Waals surface area contributed by atoms with Gasteiger partial charge >= 0.3 is 0 Å². The van der Waals surface area contributed by atoms with Crippen molar-refractivity contribution < 1.29 is 8.42 Å². The molecule has 1 N–H and O–H groups in total. The first-order valence-electron chi connectivity index (χ1n) is 4.80. The highest BCUT2D eigenvalue weighted by molar-refractivity contribution is 7.94. The zero-order chi connectivity index (χ0) is 9.31. The SMILES string of the molecule is O=S1(=O)C=CC(NCC2CCC2)C1. The summed E-state index contributed by atoms with van der Waals surface area (Å²) >= 11 is 0. The minimum absolute atomic E-state index is 0.0607. The molecule has 0 saturated heterocycles. The average Bonchev–Trinajstić information content (AvgIpc) is 2.27. The molecule has 0 aromatic heterocycles. The summed E-state index contributed by atoms with van der Waals surface area (Å²) in [5.74, 6) is 1.04. The Bertz CT molecular complexity index is 304. The minimum atomic E-state index is -2.88. The van der Waals surface area contributed by atoms with E-state index in [-0.39, 0.29) is 11.8 Å². The molecule has 1 atom stereocenters. The molecule has 1 unspecified atom stereocenters. The van der Waals surface area contributed by atoms with Crippen LogP contribution in [0.25, 0.3) is 0 Å². The summed E-state index contributed by atoms with van der Waals surface area (Å²) in [5, 5.41) is 4.60. The van der Waals surface area contributed by atoms with E-state index in [4.69, 9.17) is 0 Å². The van der Waals surface area contributed by atoms with E-state index in [1.807, 2.05) is 0 Å². The molecule has 1 aliphatic heterocycles. The summed E-state index contributed by atoms with van der Waals surface area (Å²) in [6.45, 7) is 0.977. The van der Waals surface area contributed by atoms with Gasteiger partial charge in [0.05, 0.1) is 5.75 Å². The van der Waals surface area contributed by atoms with Crippen molar-refractivity contribution in [1.29, 1.82) is 0 Å². The second kappa shape index (κ2) is 3.42. The first kappa shape index (κ1) is 9.21. The van der Waals surface area contributed by atoms with Crippen molar-refractivity contribution in [3.63, 3.8) is 0 Å². The maximum Gasteiger partial charge on any atom is 0.173 e. The molecular formula is C9H15NO2S. The van der Waals surface area contributed by atoms with E-state index >= 15 is 0 Å². The van der Waals surface area contributed by atoms with Crippen LogP contribution in [-0.4, -0.2) is 26.8 Å². The molecule has 4 heteroatoms. The van der Waals surface area contributed by atoms with E-state index in [1.165, 1.54) is 24.7 Å². The Morgan fingerprint density at radius 2 is 2.15 bits per heavy atom. The van der Waals surface area contributed by atoms with Crippen LogP contribution in [0.3, 0.4) is 0 Å². The van der Waals surface area contributed by atoms with Crippen molar-refractivity contribution in [2.24, 2.45) is 5.92 Å². The van der Waals surface area contributed by atoms with E-state index in [9.17, 15) is 8.42 Å². The lowest BCUT2D eigenvalue weighted by atomic mass is 9.85. The average molecular weight is 201 g/mol.